The van der Waals surface area contributed by atoms with E-state index in [1.807, 2.05) is 31.2 Å². The molecule has 20 heavy (non-hydrogen) atoms. The Balaban J connectivity index is 2.69. The second-order valence-corrected chi connectivity index (χ2v) is 4.77. The average Bonchev–Trinajstić information content (AvgIpc) is 2.44. The van der Waals surface area contributed by atoms with Gasteiger partial charge in [0.25, 0.3) is 5.91 Å². The van der Waals surface area contributed by atoms with Gasteiger partial charge in [0.1, 0.15) is 0 Å². The second-order valence-electron chi connectivity index (χ2n) is 4.77. The molecule has 0 saturated carbocycles. The first kappa shape index (κ1) is 16.0. The Hall–Kier alpha value is -2.04. The first-order valence-corrected chi connectivity index (χ1v) is 6.92. The number of nitrogens with one attached hydrogen (secondary N) is 3. The zero-order chi connectivity index (χ0) is 15.0. The molecule has 0 aliphatic rings. The lowest BCUT2D eigenvalue weighted by atomic mass is 10.1. The van der Waals surface area contributed by atoms with Crippen molar-refractivity contribution < 1.29 is 4.79 Å². The Morgan fingerprint density at radius 3 is 2.40 bits per heavy atom. The maximum atomic E-state index is 11.4. The standard InChI is InChI=1S/C15H24N4O/c1-5-17-15(19-11(2)3)18-10-12-6-8-13(9-7-12)14(20)16-4/h6-9,11H,5,10H2,1-4H3,(H,16,20)(H2,17,18,19). The highest BCUT2D eigenvalue weighted by Gasteiger charge is 2.03. The highest BCUT2D eigenvalue weighted by atomic mass is 16.1. The predicted molar refractivity (Wildman–Crippen MR) is 82.9 cm³/mol. The van der Waals surface area contributed by atoms with Crippen LogP contribution >= 0.6 is 0 Å². The van der Waals surface area contributed by atoms with Crippen LogP contribution < -0.4 is 16.0 Å². The van der Waals surface area contributed by atoms with Crippen molar-refractivity contribution in [3.8, 4) is 0 Å². The summed E-state index contributed by atoms with van der Waals surface area (Å²) < 4.78 is 0. The quantitative estimate of drug-likeness (QED) is 0.564. The molecule has 0 saturated heterocycles. The summed E-state index contributed by atoms with van der Waals surface area (Å²) in [5.74, 6) is 0.729. The van der Waals surface area contributed by atoms with Gasteiger partial charge in [0, 0.05) is 25.2 Å². The topological polar surface area (TPSA) is 65.5 Å². The van der Waals surface area contributed by atoms with Crippen LogP contribution in [0.25, 0.3) is 0 Å². The number of benzene rings is 1. The molecule has 5 heteroatoms. The maximum Gasteiger partial charge on any atom is 0.251 e. The van der Waals surface area contributed by atoms with Crippen LogP contribution in [0.15, 0.2) is 29.3 Å². The minimum atomic E-state index is -0.0742. The van der Waals surface area contributed by atoms with Gasteiger partial charge in [0.15, 0.2) is 5.96 Å². The molecule has 0 radical (unpaired) electrons. The lowest BCUT2D eigenvalue weighted by molar-refractivity contribution is 0.0963. The molecule has 0 aliphatic heterocycles. The Morgan fingerprint density at radius 2 is 1.90 bits per heavy atom. The molecule has 5 nitrogen and oxygen atoms in total. The lowest BCUT2D eigenvalue weighted by Gasteiger charge is -2.13. The molecule has 0 spiro atoms. The second kappa shape index (κ2) is 8.19. The highest BCUT2D eigenvalue weighted by Crippen LogP contribution is 2.05. The lowest BCUT2D eigenvalue weighted by Crippen LogP contribution is -2.40. The van der Waals surface area contributed by atoms with Crippen molar-refractivity contribution in [1.82, 2.24) is 16.0 Å². The SMILES string of the molecule is CCNC(=NCc1ccc(C(=O)NC)cc1)NC(C)C. The van der Waals surface area contributed by atoms with E-state index in [1.165, 1.54) is 0 Å². The van der Waals surface area contributed by atoms with Gasteiger partial charge in [-0.3, -0.25) is 4.79 Å². The fraction of sp³-hybridized carbons (Fsp3) is 0.467. The molecule has 0 fully saturated rings. The summed E-state index contributed by atoms with van der Waals surface area (Å²) >= 11 is 0. The van der Waals surface area contributed by atoms with E-state index in [1.54, 1.807) is 7.05 Å². The fourth-order valence-electron chi connectivity index (χ4n) is 1.67. The van der Waals surface area contributed by atoms with E-state index in [9.17, 15) is 4.79 Å². The van der Waals surface area contributed by atoms with Crippen molar-refractivity contribution >= 4 is 11.9 Å². The molecule has 110 valence electrons. The Morgan fingerprint density at radius 1 is 1.25 bits per heavy atom. The van der Waals surface area contributed by atoms with E-state index >= 15 is 0 Å². The number of aliphatic imine (C=N–C) groups is 1. The number of hydrogen-bond acceptors (Lipinski definition) is 2. The molecule has 1 rings (SSSR count). The van der Waals surface area contributed by atoms with Crippen LogP contribution in [0.3, 0.4) is 0 Å². The van der Waals surface area contributed by atoms with Gasteiger partial charge in [0.2, 0.25) is 0 Å². The van der Waals surface area contributed by atoms with Crippen LogP contribution in [0.1, 0.15) is 36.7 Å². The van der Waals surface area contributed by atoms with Gasteiger partial charge in [-0.2, -0.15) is 0 Å². The van der Waals surface area contributed by atoms with E-state index in [0.717, 1.165) is 18.1 Å². The third kappa shape index (κ3) is 5.30. The molecular formula is C15H24N4O. The van der Waals surface area contributed by atoms with E-state index < -0.39 is 0 Å². The number of carbonyl (C=O) groups excluding carboxylic acids is 1. The highest BCUT2D eigenvalue weighted by molar-refractivity contribution is 5.93. The maximum absolute atomic E-state index is 11.4. The van der Waals surface area contributed by atoms with E-state index in [2.05, 4.69) is 34.8 Å². The molecule has 0 aromatic heterocycles. The van der Waals surface area contributed by atoms with Gasteiger partial charge >= 0.3 is 0 Å². The largest absolute Gasteiger partial charge is 0.357 e. The number of carbonyl (C=O) groups is 1. The van der Waals surface area contributed by atoms with Crippen molar-refractivity contribution in [2.45, 2.75) is 33.4 Å². The first-order chi connectivity index (χ1) is 9.56. The Kier molecular flexibility index (Phi) is 6.56. The minimum absolute atomic E-state index is 0.0742. The molecule has 1 aromatic carbocycles. The minimum Gasteiger partial charge on any atom is -0.357 e. The molecule has 1 aromatic rings. The number of rotatable bonds is 5. The zero-order valence-corrected chi connectivity index (χ0v) is 12.7. The molecule has 0 unspecified atom stereocenters. The van der Waals surface area contributed by atoms with E-state index in [4.69, 9.17) is 0 Å². The molecule has 0 aliphatic carbocycles. The van der Waals surface area contributed by atoms with Crippen LogP contribution in [0.5, 0.6) is 0 Å². The van der Waals surface area contributed by atoms with Crippen LogP contribution in [0.4, 0.5) is 0 Å². The molecule has 0 atom stereocenters. The fourth-order valence-corrected chi connectivity index (χ4v) is 1.67. The summed E-state index contributed by atoms with van der Waals surface area (Å²) in [7, 11) is 1.63. The van der Waals surface area contributed by atoms with Gasteiger partial charge in [-0.15, -0.1) is 0 Å². The van der Waals surface area contributed by atoms with Crippen molar-refractivity contribution in [2.75, 3.05) is 13.6 Å². The molecule has 3 N–H and O–H groups in total. The summed E-state index contributed by atoms with van der Waals surface area (Å²) in [6.45, 7) is 7.59. The summed E-state index contributed by atoms with van der Waals surface area (Å²) in [6.07, 6.45) is 0. The Labute approximate surface area is 120 Å². The van der Waals surface area contributed by atoms with Crippen LogP contribution in [0, 0.1) is 0 Å². The van der Waals surface area contributed by atoms with E-state index in [-0.39, 0.29) is 5.91 Å². The molecule has 0 bridgehead atoms. The number of amides is 1. The predicted octanol–water partition coefficient (Wildman–Crippen LogP) is 1.51. The van der Waals surface area contributed by atoms with Crippen molar-refractivity contribution in [3.63, 3.8) is 0 Å². The van der Waals surface area contributed by atoms with Crippen LogP contribution in [-0.4, -0.2) is 31.5 Å². The van der Waals surface area contributed by atoms with Crippen LogP contribution in [-0.2, 0) is 6.54 Å². The van der Waals surface area contributed by atoms with E-state index in [0.29, 0.717) is 18.2 Å². The van der Waals surface area contributed by atoms with Gasteiger partial charge in [-0.05, 0) is 38.5 Å². The number of hydrogen-bond donors (Lipinski definition) is 3. The monoisotopic (exact) mass is 276 g/mol. The smallest absolute Gasteiger partial charge is 0.251 e. The molecule has 1 amide bonds. The summed E-state index contributed by atoms with van der Waals surface area (Å²) in [5, 5.41) is 9.07. The third-order valence-corrected chi connectivity index (χ3v) is 2.63. The molecular weight excluding hydrogens is 252 g/mol. The van der Waals surface area contributed by atoms with Gasteiger partial charge in [0.05, 0.1) is 6.54 Å². The zero-order valence-electron chi connectivity index (χ0n) is 12.7. The van der Waals surface area contributed by atoms with Gasteiger partial charge in [-0.25, -0.2) is 4.99 Å². The van der Waals surface area contributed by atoms with Gasteiger partial charge < -0.3 is 16.0 Å². The summed E-state index contributed by atoms with van der Waals surface area (Å²) in [4.78, 5) is 16.0. The average molecular weight is 276 g/mol. The molecule has 0 heterocycles. The summed E-state index contributed by atoms with van der Waals surface area (Å²) in [5.41, 5.74) is 1.73. The first-order valence-electron chi connectivity index (χ1n) is 6.92. The summed E-state index contributed by atoms with van der Waals surface area (Å²) in [6, 6.07) is 7.81. The van der Waals surface area contributed by atoms with Crippen molar-refractivity contribution in [2.24, 2.45) is 4.99 Å². The number of nitrogens with zero attached hydrogens (tertiary/aromatic N) is 1. The number of guanidine groups is 1. The van der Waals surface area contributed by atoms with Crippen molar-refractivity contribution in [1.29, 1.82) is 0 Å². The van der Waals surface area contributed by atoms with Gasteiger partial charge in [-0.1, -0.05) is 12.1 Å². The third-order valence-electron chi connectivity index (χ3n) is 2.63. The van der Waals surface area contributed by atoms with Crippen molar-refractivity contribution in [3.05, 3.63) is 35.4 Å². The van der Waals surface area contributed by atoms with Crippen LogP contribution in [0.2, 0.25) is 0 Å². The normalized spacial score (nSPS) is 11.3. The Bertz CT molecular complexity index is 451.